The van der Waals surface area contributed by atoms with Crippen molar-refractivity contribution in [3.05, 3.63) is 77.7 Å². The summed E-state index contributed by atoms with van der Waals surface area (Å²) in [5.41, 5.74) is 4.31. The number of ether oxygens (including phenoxy) is 1. The number of pyridine rings is 1. The third-order valence-corrected chi connectivity index (χ3v) is 5.18. The zero-order valence-electron chi connectivity index (χ0n) is 17.3. The summed E-state index contributed by atoms with van der Waals surface area (Å²) in [6, 6.07) is 16.9. The number of nitrogens with one attached hydrogen (secondary N) is 1. The van der Waals surface area contributed by atoms with Crippen LogP contribution >= 0.6 is 0 Å². The highest BCUT2D eigenvalue weighted by molar-refractivity contribution is 6.09. The molecule has 0 aliphatic rings. The molecular formula is C24H20N4O3. The molecule has 3 aromatic heterocycles. The number of aromatic nitrogens is 3. The van der Waals surface area contributed by atoms with Gasteiger partial charge >= 0.3 is 0 Å². The SMILES string of the molecule is COc1cc2c(cc1NC(=O)c1ccc(-n3nc(C)cc3C)nc1)oc1ccccc12. The second-order valence-electron chi connectivity index (χ2n) is 7.34. The summed E-state index contributed by atoms with van der Waals surface area (Å²) < 4.78 is 13.2. The van der Waals surface area contributed by atoms with E-state index in [1.807, 2.05) is 50.2 Å². The highest BCUT2D eigenvalue weighted by Gasteiger charge is 2.15. The molecular weight excluding hydrogens is 392 g/mol. The Morgan fingerprint density at radius 2 is 1.87 bits per heavy atom. The van der Waals surface area contributed by atoms with E-state index in [4.69, 9.17) is 9.15 Å². The maximum absolute atomic E-state index is 12.8. The Hall–Kier alpha value is -4.13. The second kappa shape index (κ2) is 7.28. The minimum absolute atomic E-state index is 0.291. The molecule has 0 atom stereocenters. The molecule has 7 heteroatoms. The van der Waals surface area contributed by atoms with Crippen molar-refractivity contribution in [3.8, 4) is 11.6 Å². The topological polar surface area (TPSA) is 82.2 Å². The van der Waals surface area contributed by atoms with Crippen molar-refractivity contribution in [2.24, 2.45) is 0 Å². The van der Waals surface area contributed by atoms with Crippen LogP contribution in [0.15, 0.2) is 65.2 Å². The third-order valence-electron chi connectivity index (χ3n) is 5.18. The highest BCUT2D eigenvalue weighted by Crippen LogP contribution is 2.36. The van der Waals surface area contributed by atoms with Gasteiger partial charge in [0.2, 0.25) is 0 Å². The number of methoxy groups -OCH3 is 1. The molecule has 5 rings (SSSR count). The number of furan rings is 1. The molecule has 2 aromatic carbocycles. The summed E-state index contributed by atoms with van der Waals surface area (Å²) in [5.74, 6) is 0.921. The summed E-state index contributed by atoms with van der Waals surface area (Å²) in [7, 11) is 1.57. The highest BCUT2D eigenvalue weighted by atomic mass is 16.5. The van der Waals surface area contributed by atoms with Crippen molar-refractivity contribution in [2.45, 2.75) is 13.8 Å². The lowest BCUT2D eigenvalue weighted by Crippen LogP contribution is -2.13. The maximum Gasteiger partial charge on any atom is 0.257 e. The number of hydrogen-bond donors (Lipinski definition) is 1. The number of carbonyl (C=O) groups excluding carboxylic acids is 1. The average molecular weight is 412 g/mol. The quantitative estimate of drug-likeness (QED) is 0.447. The van der Waals surface area contributed by atoms with Crippen molar-refractivity contribution in [1.82, 2.24) is 14.8 Å². The van der Waals surface area contributed by atoms with Gasteiger partial charge in [-0.3, -0.25) is 4.79 Å². The van der Waals surface area contributed by atoms with Crippen LogP contribution in [0.25, 0.3) is 27.8 Å². The predicted octanol–water partition coefficient (Wildman–Crippen LogP) is 5.04. The Balaban J connectivity index is 1.45. The molecule has 0 bridgehead atoms. The van der Waals surface area contributed by atoms with E-state index in [1.165, 1.54) is 6.20 Å². The minimum Gasteiger partial charge on any atom is -0.495 e. The van der Waals surface area contributed by atoms with Gasteiger partial charge in [0.25, 0.3) is 5.91 Å². The molecule has 154 valence electrons. The predicted molar refractivity (Wildman–Crippen MR) is 119 cm³/mol. The summed E-state index contributed by atoms with van der Waals surface area (Å²) in [5, 5.41) is 9.25. The molecule has 3 heterocycles. The first kappa shape index (κ1) is 18.9. The van der Waals surface area contributed by atoms with Gasteiger partial charge in [-0.05, 0) is 44.2 Å². The number of anilines is 1. The summed E-state index contributed by atoms with van der Waals surface area (Å²) >= 11 is 0. The zero-order chi connectivity index (χ0) is 21.5. The fraction of sp³-hybridized carbons (Fsp3) is 0.125. The lowest BCUT2D eigenvalue weighted by Gasteiger charge is -2.11. The first-order valence-corrected chi connectivity index (χ1v) is 9.84. The largest absolute Gasteiger partial charge is 0.495 e. The van der Waals surface area contributed by atoms with Crippen LogP contribution in [0.4, 0.5) is 5.69 Å². The van der Waals surface area contributed by atoms with Gasteiger partial charge in [0, 0.05) is 28.7 Å². The molecule has 0 unspecified atom stereocenters. The first-order valence-electron chi connectivity index (χ1n) is 9.84. The lowest BCUT2D eigenvalue weighted by molar-refractivity contribution is 0.102. The molecule has 31 heavy (non-hydrogen) atoms. The van der Waals surface area contributed by atoms with Gasteiger partial charge in [0.1, 0.15) is 16.9 Å². The van der Waals surface area contributed by atoms with Crippen molar-refractivity contribution in [1.29, 1.82) is 0 Å². The van der Waals surface area contributed by atoms with E-state index in [-0.39, 0.29) is 5.91 Å². The molecule has 7 nitrogen and oxygen atoms in total. The van der Waals surface area contributed by atoms with Crippen LogP contribution in [0.2, 0.25) is 0 Å². The number of rotatable bonds is 4. The van der Waals surface area contributed by atoms with Gasteiger partial charge in [-0.1, -0.05) is 18.2 Å². The molecule has 0 saturated heterocycles. The Kier molecular flexibility index (Phi) is 4.43. The van der Waals surface area contributed by atoms with Gasteiger partial charge in [0.15, 0.2) is 5.82 Å². The number of amides is 1. The van der Waals surface area contributed by atoms with E-state index in [0.29, 0.717) is 28.4 Å². The van der Waals surface area contributed by atoms with Crippen LogP contribution in [-0.2, 0) is 0 Å². The molecule has 0 fully saturated rings. The molecule has 0 aliphatic heterocycles. The Morgan fingerprint density at radius 3 is 2.58 bits per heavy atom. The molecule has 1 N–H and O–H groups in total. The monoisotopic (exact) mass is 412 g/mol. The van der Waals surface area contributed by atoms with Crippen molar-refractivity contribution >= 4 is 33.5 Å². The second-order valence-corrected chi connectivity index (χ2v) is 7.34. The molecule has 0 saturated carbocycles. The van der Waals surface area contributed by atoms with Crippen LogP contribution in [0.1, 0.15) is 21.7 Å². The summed E-state index contributed by atoms with van der Waals surface area (Å²) in [6.45, 7) is 3.89. The van der Waals surface area contributed by atoms with Crippen LogP contribution in [0.5, 0.6) is 5.75 Å². The number of carbonyl (C=O) groups is 1. The van der Waals surface area contributed by atoms with Gasteiger partial charge in [-0.15, -0.1) is 0 Å². The summed E-state index contributed by atoms with van der Waals surface area (Å²) in [4.78, 5) is 17.2. The van der Waals surface area contributed by atoms with Gasteiger partial charge in [0.05, 0.1) is 24.1 Å². The number of aryl methyl sites for hydroxylation is 2. The van der Waals surface area contributed by atoms with Crippen LogP contribution in [0, 0.1) is 13.8 Å². The van der Waals surface area contributed by atoms with E-state index < -0.39 is 0 Å². The lowest BCUT2D eigenvalue weighted by atomic mass is 10.1. The fourth-order valence-corrected chi connectivity index (χ4v) is 3.72. The third kappa shape index (κ3) is 3.30. The Morgan fingerprint density at radius 1 is 1.03 bits per heavy atom. The molecule has 1 amide bonds. The van der Waals surface area contributed by atoms with Crippen molar-refractivity contribution in [2.75, 3.05) is 12.4 Å². The first-order chi connectivity index (χ1) is 15.0. The minimum atomic E-state index is -0.291. The number of hydrogen-bond acceptors (Lipinski definition) is 5. The molecule has 0 spiro atoms. The fourth-order valence-electron chi connectivity index (χ4n) is 3.72. The normalized spacial score (nSPS) is 11.2. The van der Waals surface area contributed by atoms with Gasteiger partial charge < -0.3 is 14.5 Å². The zero-order valence-corrected chi connectivity index (χ0v) is 17.3. The smallest absolute Gasteiger partial charge is 0.257 e. The maximum atomic E-state index is 12.8. The van der Waals surface area contributed by atoms with Crippen molar-refractivity contribution in [3.63, 3.8) is 0 Å². The van der Waals surface area contributed by atoms with Crippen LogP contribution in [0.3, 0.4) is 0 Å². The molecule has 0 radical (unpaired) electrons. The number of para-hydroxylation sites is 1. The average Bonchev–Trinajstić information content (AvgIpc) is 3.31. The van der Waals surface area contributed by atoms with Gasteiger partial charge in [-0.25, -0.2) is 9.67 Å². The standard InChI is InChI=1S/C24H20N4O3/c1-14-10-15(2)28(27-14)23-9-8-16(13-25-23)24(29)26-19-12-21-18(11-22(19)30-3)17-6-4-5-7-20(17)31-21/h4-13H,1-3H3,(H,26,29). The number of fused-ring (bicyclic) bond motifs is 3. The van der Waals surface area contributed by atoms with E-state index in [9.17, 15) is 4.79 Å². The Bertz CT molecular complexity index is 1430. The van der Waals surface area contributed by atoms with E-state index in [2.05, 4.69) is 15.4 Å². The van der Waals surface area contributed by atoms with Crippen molar-refractivity contribution < 1.29 is 13.9 Å². The summed E-state index contributed by atoms with van der Waals surface area (Å²) in [6.07, 6.45) is 1.54. The van der Waals surface area contributed by atoms with Crippen LogP contribution < -0.4 is 10.1 Å². The molecule has 5 aromatic rings. The van der Waals surface area contributed by atoms with E-state index in [1.54, 1.807) is 30.0 Å². The van der Waals surface area contributed by atoms with E-state index in [0.717, 1.165) is 27.7 Å². The molecule has 0 aliphatic carbocycles. The Labute approximate surface area is 178 Å². The number of benzene rings is 2. The number of nitrogens with zero attached hydrogens (tertiary/aromatic N) is 3. The van der Waals surface area contributed by atoms with Gasteiger partial charge in [-0.2, -0.15) is 5.10 Å². The van der Waals surface area contributed by atoms with E-state index >= 15 is 0 Å². The van der Waals surface area contributed by atoms with Crippen LogP contribution in [-0.4, -0.2) is 27.8 Å².